The van der Waals surface area contributed by atoms with E-state index in [1.807, 2.05) is 0 Å². The molecule has 0 radical (unpaired) electrons. The maximum absolute atomic E-state index is 13.6. The summed E-state index contributed by atoms with van der Waals surface area (Å²) in [5, 5.41) is 2.76. The van der Waals surface area contributed by atoms with Crippen LogP contribution in [0.5, 0.6) is 0 Å². The van der Waals surface area contributed by atoms with Crippen LogP contribution in [0.25, 0.3) is 0 Å². The number of hydrogen-bond donors (Lipinski definition) is 1. The molecule has 104 valence electrons. The zero-order valence-corrected chi connectivity index (χ0v) is 12.8. The standard InChI is InChI=1S/C13H6BrCl2F2NO/c14-7-4-11(18)12(5-10(7)17)19-13(20)6-1-2-8(15)9(16)3-6/h1-5H,(H,19,20). The molecule has 0 spiro atoms. The molecule has 2 aromatic carbocycles. The number of halogens is 5. The lowest BCUT2D eigenvalue weighted by atomic mass is 10.2. The average molecular weight is 381 g/mol. The maximum Gasteiger partial charge on any atom is 0.255 e. The van der Waals surface area contributed by atoms with Gasteiger partial charge in [0, 0.05) is 11.6 Å². The number of amides is 1. The van der Waals surface area contributed by atoms with Crippen LogP contribution in [0.4, 0.5) is 14.5 Å². The second kappa shape index (κ2) is 6.08. The molecule has 2 aromatic rings. The van der Waals surface area contributed by atoms with Gasteiger partial charge in [-0.15, -0.1) is 0 Å². The van der Waals surface area contributed by atoms with E-state index in [9.17, 15) is 13.6 Å². The van der Waals surface area contributed by atoms with Crippen LogP contribution in [0.2, 0.25) is 10.0 Å². The Hall–Kier alpha value is -1.17. The van der Waals surface area contributed by atoms with E-state index in [4.69, 9.17) is 23.2 Å². The smallest absolute Gasteiger partial charge is 0.255 e. The molecule has 0 saturated carbocycles. The van der Waals surface area contributed by atoms with Gasteiger partial charge < -0.3 is 5.32 Å². The predicted octanol–water partition coefficient (Wildman–Crippen LogP) is 5.29. The fraction of sp³-hybridized carbons (Fsp3) is 0. The van der Waals surface area contributed by atoms with Crippen LogP contribution in [0, 0.1) is 11.6 Å². The minimum Gasteiger partial charge on any atom is -0.319 e. The number of hydrogen-bond acceptors (Lipinski definition) is 1. The molecule has 0 saturated heterocycles. The zero-order chi connectivity index (χ0) is 14.9. The van der Waals surface area contributed by atoms with Crippen molar-refractivity contribution in [2.24, 2.45) is 0 Å². The van der Waals surface area contributed by atoms with Crippen LogP contribution in [0.3, 0.4) is 0 Å². The van der Waals surface area contributed by atoms with Crippen molar-refractivity contribution in [3.63, 3.8) is 0 Å². The van der Waals surface area contributed by atoms with Crippen LogP contribution in [0.15, 0.2) is 34.8 Å². The quantitative estimate of drug-likeness (QED) is 0.705. The fourth-order valence-corrected chi connectivity index (χ4v) is 2.06. The van der Waals surface area contributed by atoms with Crippen molar-refractivity contribution in [3.8, 4) is 0 Å². The lowest BCUT2D eigenvalue weighted by Crippen LogP contribution is -2.13. The Morgan fingerprint density at radius 1 is 1.05 bits per heavy atom. The van der Waals surface area contributed by atoms with Gasteiger partial charge >= 0.3 is 0 Å². The van der Waals surface area contributed by atoms with Crippen molar-refractivity contribution in [1.29, 1.82) is 0 Å². The van der Waals surface area contributed by atoms with Gasteiger partial charge in [-0.3, -0.25) is 4.79 Å². The SMILES string of the molecule is O=C(Nc1cc(F)c(Br)cc1F)c1ccc(Cl)c(Cl)c1. The van der Waals surface area contributed by atoms with Crippen molar-refractivity contribution < 1.29 is 13.6 Å². The minimum absolute atomic E-state index is 0.0254. The first kappa shape index (κ1) is 15.2. The first-order valence-electron chi connectivity index (χ1n) is 5.29. The van der Waals surface area contributed by atoms with Gasteiger partial charge in [0.2, 0.25) is 0 Å². The van der Waals surface area contributed by atoms with Crippen LogP contribution in [-0.2, 0) is 0 Å². The monoisotopic (exact) mass is 379 g/mol. The van der Waals surface area contributed by atoms with Crippen molar-refractivity contribution in [2.75, 3.05) is 5.32 Å². The summed E-state index contributed by atoms with van der Waals surface area (Å²) in [5.41, 5.74) is -0.0797. The van der Waals surface area contributed by atoms with E-state index in [1.54, 1.807) is 0 Å². The number of benzene rings is 2. The molecular weight excluding hydrogens is 375 g/mol. The third kappa shape index (κ3) is 3.29. The van der Waals surface area contributed by atoms with Crippen molar-refractivity contribution in [2.45, 2.75) is 0 Å². The van der Waals surface area contributed by atoms with E-state index in [2.05, 4.69) is 21.2 Å². The van der Waals surface area contributed by atoms with Crippen molar-refractivity contribution in [3.05, 3.63) is 62.0 Å². The third-order valence-corrected chi connectivity index (χ3v) is 3.79. The second-order valence-corrected chi connectivity index (χ2v) is 5.50. The van der Waals surface area contributed by atoms with E-state index in [-0.39, 0.29) is 20.7 Å². The lowest BCUT2D eigenvalue weighted by molar-refractivity contribution is 0.102. The summed E-state index contributed by atoms with van der Waals surface area (Å²) in [7, 11) is 0. The van der Waals surface area contributed by atoms with Crippen molar-refractivity contribution in [1.82, 2.24) is 0 Å². The molecule has 2 nitrogen and oxygen atoms in total. The van der Waals surface area contributed by atoms with Gasteiger partial charge in [0.05, 0.1) is 20.2 Å². The van der Waals surface area contributed by atoms with Gasteiger partial charge in [-0.2, -0.15) is 0 Å². The number of carbonyl (C=O) groups excluding carboxylic acids is 1. The molecule has 0 bridgehead atoms. The molecule has 0 aliphatic rings. The van der Waals surface area contributed by atoms with Crippen LogP contribution in [0.1, 0.15) is 10.4 Å². The normalized spacial score (nSPS) is 10.4. The van der Waals surface area contributed by atoms with E-state index in [0.29, 0.717) is 5.02 Å². The minimum atomic E-state index is -0.758. The summed E-state index contributed by atoms with van der Waals surface area (Å²) in [6, 6.07) is 6.02. The third-order valence-electron chi connectivity index (χ3n) is 2.44. The molecule has 0 unspecified atom stereocenters. The Morgan fingerprint density at radius 3 is 2.40 bits per heavy atom. The first-order chi connectivity index (χ1) is 9.38. The molecule has 0 fully saturated rings. The van der Waals surface area contributed by atoms with Gasteiger partial charge in [-0.05, 0) is 40.2 Å². The molecule has 1 amide bonds. The summed E-state index contributed by atoms with van der Waals surface area (Å²) in [4.78, 5) is 11.9. The molecule has 0 aliphatic heterocycles. The Morgan fingerprint density at radius 2 is 1.75 bits per heavy atom. The zero-order valence-electron chi connectivity index (χ0n) is 9.68. The van der Waals surface area contributed by atoms with E-state index < -0.39 is 17.5 Å². The van der Waals surface area contributed by atoms with Gasteiger partial charge in [0.15, 0.2) is 0 Å². The number of rotatable bonds is 2. The second-order valence-electron chi connectivity index (χ2n) is 3.83. The molecule has 0 heterocycles. The maximum atomic E-state index is 13.6. The molecular formula is C13H6BrCl2F2NO. The molecule has 2 rings (SSSR count). The molecule has 7 heteroatoms. The number of carbonyl (C=O) groups is 1. The fourth-order valence-electron chi connectivity index (χ4n) is 1.45. The summed E-state index contributed by atoms with van der Waals surface area (Å²) in [6.45, 7) is 0. The molecule has 0 aliphatic carbocycles. The highest BCUT2D eigenvalue weighted by atomic mass is 79.9. The number of anilines is 1. The number of nitrogens with one attached hydrogen (secondary N) is 1. The summed E-state index contributed by atoms with van der Waals surface area (Å²) < 4.78 is 26.9. The molecule has 20 heavy (non-hydrogen) atoms. The highest BCUT2D eigenvalue weighted by Crippen LogP contribution is 2.25. The Labute approximate surface area is 131 Å². The average Bonchev–Trinajstić information content (AvgIpc) is 2.39. The Balaban J connectivity index is 2.27. The van der Waals surface area contributed by atoms with Gasteiger partial charge in [-0.1, -0.05) is 23.2 Å². The topological polar surface area (TPSA) is 29.1 Å². The predicted molar refractivity (Wildman–Crippen MR) is 78.5 cm³/mol. The van der Waals surface area contributed by atoms with Crippen LogP contribution >= 0.6 is 39.1 Å². The summed E-state index contributed by atoms with van der Waals surface area (Å²) in [6.07, 6.45) is 0. The van der Waals surface area contributed by atoms with Gasteiger partial charge in [-0.25, -0.2) is 8.78 Å². The Kier molecular flexibility index (Phi) is 4.62. The van der Waals surface area contributed by atoms with E-state index in [1.165, 1.54) is 18.2 Å². The first-order valence-corrected chi connectivity index (χ1v) is 6.84. The highest BCUT2D eigenvalue weighted by molar-refractivity contribution is 9.10. The molecule has 1 N–H and O–H groups in total. The summed E-state index contributed by atoms with van der Waals surface area (Å²) in [5.74, 6) is -2.06. The van der Waals surface area contributed by atoms with E-state index in [0.717, 1.165) is 12.1 Å². The molecule has 0 aromatic heterocycles. The summed E-state index contributed by atoms with van der Waals surface area (Å²) >= 11 is 14.4. The van der Waals surface area contributed by atoms with Gasteiger partial charge in [0.25, 0.3) is 5.91 Å². The van der Waals surface area contributed by atoms with E-state index >= 15 is 0 Å². The van der Waals surface area contributed by atoms with Gasteiger partial charge in [0.1, 0.15) is 11.6 Å². The highest BCUT2D eigenvalue weighted by Gasteiger charge is 2.13. The van der Waals surface area contributed by atoms with Crippen LogP contribution in [-0.4, -0.2) is 5.91 Å². The van der Waals surface area contributed by atoms with Crippen LogP contribution < -0.4 is 5.32 Å². The van der Waals surface area contributed by atoms with Crippen molar-refractivity contribution >= 4 is 50.7 Å². The largest absolute Gasteiger partial charge is 0.319 e. The Bertz CT molecular complexity index is 694. The molecule has 0 atom stereocenters. The lowest BCUT2D eigenvalue weighted by Gasteiger charge is -2.08.